The van der Waals surface area contributed by atoms with Gasteiger partial charge in [0.25, 0.3) is 0 Å². The van der Waals surface area contributed by atoms with Gasteiger partial charge in [0.2, 0.25) is 0 Å². The van der Waals surface area contributed by atoms with Gasteiger partial charge in [-0.15, -0.1) is 0 Å². The van der Waals surface area contributed by atoms with E-state index in [2.05, 4.69) is 121 Å². The van der Waals surface area contributed by atoms with Crippen molar-refractivity contribution in [1.82, 2.24) is 0 Å². The Morgan fingerprint density at radius 3 is 2.02 bits per heavy atom. The van der Waals surface area contributed by atoms with Gasteiger partial charge in [-0.2, -0.15) is 0 Å². The van der Waals surface area contributed by atoms with Gasteiger partial charge < -0.3 is 0 Å². The predicted octanol–water partition coefficient (Wildman–Crippen LogP) is 13.5. The van der Waals surface area contributed by atoms with E-state index in [1.165, 1.54) is 87.8 Å². The van der Waals surface area contributed by atoms with E-state index >= 15 is 0 Å². The molecule has 0 aliphatic heterocycles. The second-order valence-electron chi connectivity index (χ2n) is 15.0. The summed E-state index contributed by atoms with van der Waals surface area (Å²) in [5.74, 6) is 0.0583. The molecule has 3 aromatic carbocycles. The number of hydrogen-bond donors (Lipinski definition) is 0. The molecule has 3 aliphatic rings. The molecular weight excluding hydrogens is 683 g/mol. The van der Waals surface area contributed by atoms with Gasteiger partial charge in [0.05, 0.1) is 0 Å². The molecule has 239 valence electrons. The minimum atomic E-state index is -4.74. The Bertz CT molecular complexity index is 1620. The number of hydrogen-bond acceptors (Lipinski definition) is 0. The van der Waals surface area contributed by atoms with Crippen LogP contribution in [0, 0.1) is 5.92 Å². The van der Waals surface area contributed by atoms with Crippen LogP contribution < -0.4 is 0 Å². The monoisotopic (exact) mass is 733 g/mol. The Morgan fingerprint density at radius 1 is 0.778 bits per heavy atom. The molecule has 1 fully saturated rings. The summed E-state index contributed by atoms with van der Waals surface area (Å²) in [6.45, 7) is 16.6. The fraction of sp³-hybridized carbons (Fsp3) is 0.463. The second kappa shape index (κ2) is 13.0. The first-order valence-electron chi connectivity index (χ1n) is 17.9. The average molecular weight is 736 g/mol. The van der Waals surface area contributed by atoms with Crippen LogP contribution >= 0.6 is 17.0 Å². The van der Waals surface area contributed by atoms with E-state index in [1.807, 2.05) is 0 Å². The molecule has 0 amide bonds. The van der Waals surface area contributed by atoms with Crippen LogP contribution in [-0.4, -0.2) is 5.92 Å². The number of fused-ring (bicyclic) bond motifs is 2. The normalized spacial score (nSPS) is 21.7. The summed E-state index contributed by atoms with van der Waals surface area (Å²) < 4.78 is 0.304. The molecule has 1 saturated carbocycles. The molecule has 0 nitrogen and oxygen atoms in total. The maximum atomic E-state index is 8.64. The second-order valence-corrected chi connectivity index (χ2v) is 57.6. The Kier molecular flexibility index (Phi) is 9.76. The number of allylic oxidation sites excluding steroid dienone is 2. The van der Waals surface area contributed by atoms with E-state index in [1.54, 1.807) is 0 Å². The molecule has 0 radical (unpaired) electrons. The van der Waals surface area contributed by atoms with Crippen molar-refractivity contribution in [2.75, 3.05) is 0 Å². The van der Waals surface area contributed by atoms with Gasteiger partial charge in [-0.3, -0.25) is 0 Å². The molecule has 6 rings (SSSR count). The summed E-state index contributed by atoms with van der Waals surface area (Å²) in [6.07, 6.45) is 13.9. The number of rotatable bonds is 9. The van der Waals surface area contributed by atoms with Crippen molar-refractivity contribution in [2.24, 2.45) is 5.92 Å². The van der Waals surface area contributed by atoms with E-state index in [0.29, 0.717) is 11.8 Å². The maximum absolute atomic E-state index is 8.64. The van der Waals surface area contributed by atoms with Gasteiger partial charge in [0.1, 0.15) is 0 Å². The van der Waals surface area contributed by atoms with E-state index in [9.17, 15) is 0 Å². The first-order valence-corrected chi connectivity index (χ1v) is 34.2. The Balaban J connectivity index is 1.50. The summed E-state index contributed by atoms with van der Waals surface area (Å²) in [7, 11) is 17.3. The minimum absolute atomic E-state index is 0.147. The number of halogens is 2. The first-order chi connectivity index (χ1) is 21.5. The summed E-state index contributed by atoms with van der Waals surface area (Å²) in [4.78, 5) is 0. The van der Waals surface area contributed by atoms with Crippen LogP contribution in [0.25, 0.3) is 23.3 Å². The molecule has 0 heterocycles. The van der Waals surface area contributed by atoms with E-state index < -0.39 is 21.5 Å². The quantitative estimate of drug-likeness (QED) is 0.192. The van der Waals surface area contributed by atoms with E-state index in [0.717, 1.165) is 18.8 Å². The van der Waals surface area contributed by atoms with Crippen molar-refractivity contribution < 1.29 is 15.6 Å². The van der Waals surface area contributed by atoms with E-state index in [-0.39, 0.29) is 7.25 Å². The number of benzene rings is 3. The first kappa shape index (κ1) is 33.7. The molecule has 0 bridgehead atoms. The Labute approximate surface area is 282 Å². The van der Waals surface area contributed by atoms with Crippen LogP contribution in [0.15, 0.2) is 71.8 Å². The molecule has 0 saturated heterocycles. The third kappa shape index (κ3) is 5.61. The van der Waals surface area contributed by atoms with E-state index in [4.69, 9.17) is 17.0 Å². The van der Waals surface area contributed by atoms with Gasteiger partial charge >= 0.3 is 285 Å². The Morgan fingerprint density at radius 2 is 1.42 bits per heavy atom. The van der Waals surface area contributed by atoms with Crippen molar-refractivity contribution in [2.45, 2.75) is 112 Å². The van der Waals surface area contributed by atoms with Gasteiger partial charge in [-0.1, -0.05) is 0 Å². The van der Waals surface area contributed by atoms with Crippen molar-refractivity contribution in [3.63, 3.8) is 0 Å². The van der Waals surface area contributed by atoms with Crippen LogP contribution in [0.1, 0.15) is 132 Å². The van der Waals surface area contributed by atoms with Crippen LogP contribution in [0.4, 0.5) is 0 Å². The topological polar surface area (TPSA) is 0 Å². The van der Waals surface area contributed by atoms with Crippen molar-refractivity contribution >= 4 is 35.1 Å². The average Bonchev–Trinajstić information content (AvgIpc) is 3.65. The summed E-state index contributed by atoms with van der Waals surface area (Å²) >= 11 is -4.74. The Hall–Kier alpha value is -1.18. The van der Waals surface area contributed by atoms with Crippen LogP contribution in [0.5, 0.6) is 0 Å². The van der Waals surface area contributed by atoms with Gasteiger partial charge in [-0.25, -0.2) is 0 Å². The SMILES string of the molecule is CCC1=Cc2c(-c3ccc(C4CCCCC4)cc3)cccc2[CH]1[Zr]([Cl])([Cl])([CH]1C(C(C)C)=Cc2c(C(C)CC)cccc21)[SiH](C)C. The molecule has 4 heteroatoms. The molecular formula is C41H53Cl2SiZr. The zero-order valence-corrected chi connectivity index (χ0v) is 33.7. The standard InChI is InChI=1S/C23H25.C16H21.C2H7Si.2ClH.Zr/c1-2-17-15-21-9-6-10-22(23(21)16-17)20-13-11-19(12-14-20)18-7-4-3-5-8-18;1-5-12(4)15-8-6-7-13-9-14(11(2)3)10-16(13)15;1-3-2;;;/h6,9-16,18H,2-5,7-8H2,1H3;6-12H,5H2,1-4H3;3H,1-2H3;2*1H;/q;;;;;+2/p-2. The molecule has 0 N–H and O–H groups in total. The van der Waals surface area contributed by atoms with Crippen molar-refractivity contribution in [1.29, 1.82) is 0 Å². The third-order valence-corrected chi connectivity index (χ3v) is 63.8. The summed E-state index contributed by atoms with van der Waals surface area (Å²) in [5.41, 5.74) is 14.2. The molecule has 3 unspecified atom stereocenters. The van der Waals surface area contributed by atoms with Gasteiger partial charge in [0.15, 0.2) is 0 Å². The van der Waals surface area contributed by atoms with Gasteiger partial charge in [-0.05, 0) is 0 Å². The fourth-order valence-electron chi connectivity index (χ4n) is 9.09. The molecule has 0 aromatic heterocycles. The summed E-state index contributed by atoms with van der Waals surface area (Å²) in [6, 6.07) is 23.5. The van der Waals surface area contributed by atoms with Gasteiger partial charge in [0, 0.05) is 0 Å². The predicted molar refractivity (Wildman–Crippen MR) is 200 cm³/mol. The molecule has 3 aliphatic carbocycles. The molecule has 3 aromatic rings. The van der Waals surface area contributed by atoms with Crippen LogP contribution in [-0.2, 0) is 15.6 Å². The molecule has 45 heavy (non-hydrogen) atoms. The van der Waals surface area contributed by atoms with Crippen molar-refractivity contribution in [3.05, 3.63) is 105 Å². The molecule has 0 spiro atoms. The third-order valence-electron chi connectivity index (χ3n) is 12.0. The fourth-order valence-corrected chi connectivity index (χ4v) is 40.7. The van der Waals surface area contributed by atoms with Crippen LogP contribution in [0.2, 0.25) is 13.1 Å². The van der Waals surface area contributed by atoms with Crippen LogP contribution in [0.3, 0.4) is 0 Å². The zero-order chi connectivity index (χ0) is 32.1. The zero-order valence-electron chi connectivity index (χ0n) is 28.6. The summed E-state index contributed by atoms with van der Waals surface area (Å²) in [5, 5.41) is 0. The van der Waals surface area contributed by atoms with Crippen molar-refractivity contribution in [3.8, 4) is 11.1 Å². The molecule has 3 atom stereocenters.